The molecule has 1 aliphatic rings. The second-order valence-corrected chi connectivity index (χ2v) is 4.56. The highest BCUT2D eigenvalue weighted by molar-refractivity contribution is 6.30. The Morgan fingerprint density at radius 3 is 2.41 bits per heavy atom. The third kappa shape index (κ3) is 3.91. The van der Waals surface area contributed by atoms with E-state index in [1.54, 1.807) is 24.3 Å². The fourth-order valence-corrected chi connectivity index (χ4v) is 1.97. The zero-order valence-electron chi connectivity index (χ0n) is 9.58. The van der Waals surface area contributed by atoms with Gasteiger partial charge < -0.3 is 5.32 Å². The summed E-state index contributed by atoms with van der Waals surface area (Å²) in [6.07, 6.45) is 3.53. The molecule has 5 heteroatoms. The standard InChI is InChI=1S/C12H16ClN3O/c13-10-4-6-11(7-5-10)14-12(17)15-16-8-2-1-3-9-16/h4-7H,1-3,8-9H2,(H2,14,15,17). The molecule has 0 spiro atoms. The van der Waals surface area contributed by atoms with Crippen LogP contribution < -0.4 is 10.7 Å². The Morgan fingerprint density at radius 1 is 1.12 bits per heavy atom. The van der Waals surface area contributed by atoms with Gasteiger partial charge in [0.05, 0.1) is 0 Å². The van der Waals surface area contributed by atoms with E-state index >= 15 is 0 Å². The fourth-order valence-electron chi connectivity index (χ4n) is 1.84. The SMILES string of the molecule is O=C(Nc1ccc(Cl)cc1)NN1CCCCC1. The van der Waals surface area contributed by atoms with Crippen LogP contribution in [0.5, 0.6) is 0 Å². The van der Waals surface area contributed by atoms with Crippen molar-refractivity contribution < 1.29 is 4.79 Å². The molecule has 17 heavy (non-hydrogen) atoms. The van der Waals surface area contributed by atoms with Gasteiger partial charge in [-0.2, -0.15) is 0 Å². The van der Waals surface area contributed by atoms with E-state index in [2.05, 4.69) is 10.7 Å². The predicted molar refractivity (Wildman–Crippen MR) is 69.0 cm³/mol. The molecule has 4 nitrogen and oxygen atoms in total. The van der Waals surface area contributed by atoms with Crippen molar-refractivity contribution in [3.05, 3.63) is 29.3 Å². The summed E-state index contributed by atoms with van der Waals surface area (Å²) in [5.74, 6) is 0. The van der Waals surface area contributed by atoms with Crippen LogP contribution in [0.1, 0.15) is 19.3 Å². The second kappa shape index (κ2) is 5.89. The zero-order chi connectivity index (χ0) is 12.1. The molecule has 1 fully saturated rings. The summed E-state index contributed by atoms with van der Waals surface area (Å²) < 4.78 is 0. The van der Waals surface area contributed by atoms with Crippen LogP contribution in [0.15, 0.2) is 24.3 Å². The first-order valence-electron chi connectivity index (χ1n) is 5.82. The Kier molecular flexibility index (Phi) is 4.23. The van der Waals surface area contributed by atoms with Gasteiger partial charge in [0, 0.05) is 23.8 Å². The summed E-state index contributed by atoms with van der Waals surface area (Å²) in [5, 5.41) is 5.38. The van der Waals surface area contributed by atoms with Crippen LogP contribution in [-0.4, -0.2) is 24.1 Å². The number of carbonyl (C=O) groups is 1. The average molecular weight is 254 g/mol. The van der Waals surface area contributed by atoms with Crippen molar-refractivity contribution in [1.29, 1.82) is 0 Å². The first-order chi connectivity index (χ1) is 8.24. The minimum absolute atomic E-state index is 0.200. The van der Waals surface area contributed by atoms with Crippen LogP contribution in [0, 0.1) is 0 Å². The van der Waals surface area contributed by atoms with E-state index in [0.29, 0.717) is 5.02 Å². The molecule has 0 aliphatic carbocycles. The zero-order valence-corrected chi connectivity index (χ0v) is 10.3. The second-order valence-electron chi connectivity index (χ2n) is 4.12. The number of hydrogen-bond acceptors (Lipinski definition) is 2. The number of carbonyl (C=O) groups excluding carboxylic acids is 1. The van der Waals surface area contributed by atoms with Crippen LogP contribution >= 0.6 is 11.6 Å². The van der Waals surface area contributed by atoms with Gasteiger partial charge >= 0.3 is 6.03 Å². The van der Waals surface area contributed by atoms with Gasteiger partial charge in [0.2, 0.25) is 0 Å². The van der Waals surface area contributed by atoms with Crippen LogP contribution in [0.4, 0.5) is 10.5 Å². The molecule has 0 aromatic heterocycles. The number of urea groups is 1. The Labute approximate surface area is 106 Å². The normalized spacial score (nSPS) is 16.5. The number of anilines is 1. The van der Waals surface area contributed by atoms with Crippen molar-refractivity contribution in [2.24, 2.45) is 0 Å². The minimum Gasteiger partial charge on any atom is -0.307 e. The largest absolute Gasteiger partial charge is 0.333 e. The molecule has 0 atom stereocenters. The number of piperidine rings is 1. The predicted octanol–water partition coefficient (Wildman–Crippen LogP) is 2.86. The number of hydrogen-bond donors (Lipinski definition) is 2. The Morgan fingerprint density at radius 2 is 1.76 bits per heavy atom. The Balaban J connectivity index is 1.82. The van der Waals surface area contributed by atoms with Crippen LogP contribution in [0.3, 0.4) is 0 Å². The van der Waals surface area contributed by atoms with E-state index in [-0.39, 0.29) is 6.03 Å². The summed E-state index contributed by atoms with van der Waals surface area (Å²) in [6, 6.07) is 6.85. The number of rotatable bonds is 2. The third-order valence-electron chi connectivity index (χ3n) is 2.72. The van der Waals surface area contributed by atoms with Gasteiger partial charge in [-0.15, -0.1) is 0 Å². The molecule has 2 amide bonds. The number of nitrogens with one attached hydrogen (secondary N) is 2. The maximum absolute atomic E-state index is 11.7. The fraction of sp³-hybridized carbons (Fsp3) is 0.417. The molecule has 0 bridgehead atoms. The van der Waals surface area contributed by atoms with Crippen molar-refractivity contribution in [2.45, 2.75) is 19.3 Å². The summed E-state index contributed by atoms with van der Waals surface area (Å²) in [7, 11) is 0. The van der Waals surface area contributed by atoms with Crippen molar-refractivity contribution in [1.82, 2.24) is 10.4 Å². The maximum atomic E-state index is 11.7. The van der Waals surface area contributed by atoms with Gasteiger partial charge in [-0.3, -0.25) is 5.43 Å². The van der Waals surface area contributed by atoms with Gasteiger partial charge in [-0.25, -0.2) is 9.80 Å². The van der Waals surface area contributed by atoms with E-state index in [1.165, 1.54) is 6.42 Å². The van der Waals surface area contributed by atoms with E-state index in [9.17, 15) is 4.79 Å². The lowest BCUT2D eigenvalue weighted by atomic mass is 10.2. The van der Waals surface area contributed by atoms with Gasteiger partial charge in [-0.05, 0) is 37.1 Å². The van der Waals surface area contributed by atoms with Gasteiger partial charge in [0.15, 0.2) is 0 Å². The Bertz CT molecular complexity index is 374. The molecule has 1 saturated heterocycles. The topological polar surface area (TPSA) is 44.4 Å². The molecule has 1 aromatic rings. The molecular formula is C12H16ClN3O. The smallest absolute Gasteiger partial charge is 0.307 e. The molecule has 2 N–H and O–H groups in total. The highest BCUT2D eigenvalue weighted by Crippen LogP contribution is 2.13. The molecular weight excluding hydrogens is 238 g/mol. The number of hydrazine groups is 1. The average Bonchev–Trinajstić information content (AvgIpc) is 2.33. The van der Waals surface area contributed by atoms with Crippen molar-refractivity contribution in [2.75, 3.05) is 18.4 Å². The molecule has 0 unspecified atom stereocenters. The lowest BCUT2D eigenvalue weighted by Crippen LogP contribution is -2.46. The highest BCUT2D eigenvalue weighted by Gasteiger charge is 2.12. The molecule has 0 radical (unpaired) electrons. The lowest BCUT2D eigenvalue weighted by molar-refractivity contribution is 0.162. The van der Waals surface area contributed by atoms with E-state index in [1.807, 2.05) is 5.01 Å². The van der Waals surface area contributed by atoms with Crippen LogP contribution in [0.2, 0.25) is 5.02 Å². The molecule has 1 aromatic carbocycles. The highest BCUT2D eigenvalue weighted by atomic mass is 35.5. The monoisotopic (exact) mass is 253 g/mol. The van der Waals surface area contributed by atoms with Crippen molar-refractivity contribution in [3.8, 4) is 0 Å². The number of benzene rings is 1. The number of nitrogens with zero attached hydrogens (tertiary/aromatic N) is 1. The van der Waals surface area contributed by atoms with Gasteiger partial charge in [-0.1, -0.05) is 18.0 Å². The molecule has 1 aliphatic heterocycles. The van der Waals surface area contributed by atoms with E-state index in [4.69, 9.17) is 11.6 Å². The summed E-state index contributed by atoms with van der Waals surface area (Å²) >= 11 is 5.77. The molecule has 2 rings (SSSR count). The third-order valence-corrected chi connectivity index (χ3v) is 2.97. The lowest BCUT2D eigenvalue weighted by Gasteiger charge is -2.26. The molecule has 1 heterocycles. The van der Waals surface area contributed by atoms with E-state index in [0.717, 1.165) is 31.6 Å². The van der Waals surface area contributed by atoms with Crippen molar-refractivity contribution in [3.63, 3.8) is 0 Å². The van der Waals surface area contributed by atoms with E-state index < -0.39 is 0 Å². The molecule has 92 valence electrons. The summed E-state index contributed by atoms with van der Waals surface area (Å²) in [6.45, 7) is 1.85. The number of amides is 2. The van der Waals surface area contributed by atoms with Crippen LogP contribution in [-0.2, 0) is 0 Å². The first-order valence-corrected chi connectivity index (χ1v) is 6.20. The maximum Gasteiger partial charge on any atom is 0.333 e. The van der Waals surface area contributed by atoms with Gasteiger partial charge in [0.1, 0.15) is 0 Å². The van der Waals surface area contributed by atoms with Crippen molar-refractivity contribution >= 4 is 23.3 Å². The number of halogens is 1. The quantitative estimate of drug-likeness (QED) is 0.851. The Hall–Kier alpha value is -1.26. The summed E-state index contributed by atoms with van der Waals surface area (Å²) in [4.78, 5) is 11.7. The van der Waals surface area contributed by atoms with Gasteiger partial charge in [0.25, 0.3) is 0 Å². The molecule has 0 saturated carbocycles. The summed E-state index contributed by atoms with van der Waals surface area (Å²) in [5.41, 5.74) is 3.57. The first kappa shape index (κ1) is 12.2. The minimum atomic E-state index is -0.200. The van der Waals surface area contributed by atoms with Crippen LogP contribution in [0.25, 0.3) is 0 Å².